The van der Waals surface area contributed by atoms with Crippen LogP contribution in [0.25, 0.3) is 0 Å². The summed E-state index contributed by atoms with van der Waals surface area (Å²) < 4.78 is 45.8. The Morgan fingerprint density at radius 3 is 2.83 bits per heavy atom. The van der Waals surface area contributed by atoms with Gasteiger partial charge in [-0.15, -0.1) is 11.8 Å². The fourth-order valence-electron chi connectivity index (χ4n) is 2.73. The predicted octanol–water partition coefficient (Wildman–Crippen LogP) is 3.60. The standard InChI is InChI=1S/C16H18FNO3S2/c1-12-11-13(17)4-5-16(12)23(19,20)18-7-6-15(22-10-8-18)14-3-2-9-21-14/h2-5,9,11,15H,6-8,10H2,1H3/t15-/m0/s1. The summed E-state index contributed by atoms with van der Waals surface area (Å²) in [7, 11) is -3.60. The molecule has 1 aromatic heterocycles. The molecule has 4 nitrogen and oxygen atoms in total. The Labute approximate surface area is 139 Å². The molecule has 1 fully saturated rings. The van der Waals surface area contributed by atoms with Gasteiger partial charge in [0.05, 0.1) is 16.4 Å². The van der Waals surface area contributed by atoms with Crippen LogP contribution in [0, 0.1) is 12.7 Å². The number of furan rings is 1. The molecule has 1 aliphatic heterocycles. The largest absolute Gasteiger partial charge is 0.468 e. The van der Waals surface area contributed by atoms with Crippen molar-refractivity contribution in [3.05, 3.63) is 53.7 Å². The molecule has 0 aliphatic carbocycles. The van der Waals surface area contributed by atoms with Crippen LogP contribution < -0.4 is 0 Å². The number of nitrogens with zero attached hydrogens (tertiary/aromatic N) is 1. The Bertz CT molecular complexity index is 775. The first-order chi connectivity index (χ1) is 11.0. The molecule has 7 heteroatoms. The molecule has 1 aromatic carbocycles. The number of hydrogen-bond acceptors (Lipinski definition) is 4. The summed E-state index contributed by atoms with van der Waals surface area (Å²) in [6.45, 7) is 2.49. The van der Waals surface area contributed by atoms with Crippen LogP contribution in [0.2, 0.25) is 0 Å². The third-order valence-electron chi connectivity index (χ3n) is 3.92. The summed E-state index contributed by atoms with van der Waals surface area (Å²) in [5.41, 5.74) is 0.435. The van der Waals surface area contributed by atoms with Crippen LogP contribution in [0.5, 0.6) is 0 Å². The normalized spacial score (nSPS) is 20.3. The molecule has 0 amide bonds. The average Bonchev–Trinajstić information content (AvgIpc) is 2.91. The second kappa shape index (κ2) is 6.67. The van der Waals surface area contributed by atoms with E-state index in [-0.39, 0.29) is 10.1 Å². The first-order valence-corrected chi connectivity index (χ1v) is 9.88. The zero-order valence-electron chi connectivity index (χ0n) is 12.7. The minimum Gasteiger partial charge on any atom is -0.468 e. The molecule has 1 aliphatic rings. The molecular weight excluding hydrogens is 337 g/mol. The van der Waals surface area contributed by atoms with Gasteiger partial charge in [0, 0.05) is 18.8 Å². The van der Waals surface area contributed by atoms with Gasteiger partial charge in [-0.25, -0.2) is 12.8 Å². The van der Waals surface area contributed by atoms with Gasteiger partial charge in [-0.1, -0.05) is 0 Å². The van der Waals surface area contributed by atoms with Gasteiger partial charge in [-0.2, -0.15) is 4.31 Å². The summed E-state index contributed by atoms with van der Waals surface area (Å²) in [5.74, 6) is 1.16. The van der Waals surface area contributed by atoms with E-state index < -0.39 is 15.8 Å². The third-order valence-corrected chi connectivity index (χ3v) is 7.26. The van der Waals surface area contributed by atoms with Gasteiger partial charge >= 0.3 is 0 Å². The van der Waals surface area contributed by atoms with E-state index in [9.17, 15) is 12.8 Å². The van der Waals surface area contributed by atoms with Crippen molar-refractivity contribution in [1.29, 1.82) is 0 Å². The number of rotatable bonds is 3. The Hall–Kier alpha value is -1.31. The lowest BCUT2D eigenvalue weighted by atomic mass is 10.2. The van der Waals surface area contributed by atoms with Gasteiger partial charge in [0.2, 0.25) is 10.0 Å². The van der Waals surface area contributed by atoms with E-state index in [4.69, 9.17) is 4.42 Å². The van der Waals surface area contributed by atoms with E-state index in [0.29, 0.717) is 30.8 Å². The number of thioether (sulfide) groups is 1. The van der Waals surface area contributed by atoms with Crippen molar-refractivity contribution >= 4 is 21.8 Å². The summed E-state index contributed by atoms with van der Waals surface area (Å²) in [6, 6.07) is 7.56. The molecule has 0 spiro atoms. The maximum atomic E-state index is 13.2. The SMILES string of the molecule is Cc1cc(F)ccc1S(=O)(=O)N1CCS[C@H](c2ccco2)CC1. The maximum absolute atomic E-state index is 13.2. The number of sulfonamides is 1. The molecular formula is C16H18FNO3S2. The van der Waals surface area contributed by atoms with Gasteiger partial charge in [-0.05, 0) is 49.2 Å². The zero-order chi connectivity index (χ0) is 16.4. The summed E-state index contributed by atoms with van der Waals surface area (Å²) in [6.07, 6.45) is 2.33. The molecule has 0 unspecified atom stereocenters. The summed E-state index contributed by atoms with van der Waals surface area (Å²) in [5, 5.41) is 0.166. The highest BCUT2D eigenvalue weighted by Crippen LogP contribution is 2.36. The van der Waals surface area contributed by atoms with Crippen molar-refractivity contribution in [3.63, 3.8) is 0 Å². The highest BCUT2D eigenvalue weighted by atomic mass is 32.2. The van der Waals surface area contributed by atoms with Crippen LogP contribution in [0.1, 0.15) is 23.0 Å². The third kappa shape index (κ3) is 3.46. The predicted molar refractivity (Wildman–Crippen MR) is 88.4 cm³/mol. The summed E-state index contributed by atoms with van der Waals surface area (Å²) >= 11 is 1.70. The zero-order valence-corrected chi connectivity index (χ0v) is 14.4. The van der Waals surface area contributed by atoms with Crippen LogP contribution in [0.15, 0.2) is 45.9 Å². The van der Waals surface area contributed by atoms with E-state index in [1.54, 1.807) is 24.9 Å². The molecule has 2 aromatic rings. The number of benzene rings is 1. The van der Waals surface area contributed by atoms with Crippen molar-refractivity contribution in [2.75, 3.05) is 18.8 Å². The van der Waals surface area contributed by atoms with Crippen molar-refractivity contribution in [2.24, 2.45) is 0 Å². The maximum Gasteiger partial charge on any atom is 0.243 e. The topological polar surface area (TPSA) is 50.5 Å². The molecule has 0 saturated carbocycles. The number of hydrogen-bond donors (Lipinski definition) is 0. The van der Waals surface area contributed by atoms with E-state index in [1.807, 2.05) is 12.1 Å². The first-order valence-electron chi connectivity index (χ1n) is 7.40. The van der Waals surface area contributed by atoms with E-state index in [1.165, 1.54) is 22.5 Å². The quantitative estimate of drug-likeness (QED) is 0.844. The number of aryl methyl sites for hydroxylation is 1. The lowest BCUT2D eigenvalue weighted by molar-refractivity contribution is 0.417. The lowest BCUT2D eigenvalue weighted by Crippen LogP contribution is -2.33. The van der Waals surface area contributed by atoms with Gasteiger partial charge in [-0.3, -0.25) is 0 Å². The molecule has 23 heavy (non-hydrogen) atoms. The molecule has 0 N–H and O–H groups in total. The van der Waals surface area contributed by atoms with Gasteiger partial charge < -0.3 is 4.42 Å². The molecule has 0 radical (unpaired) electrons. The molecule has 3 rings (SSSR count). The van der Waals surface area contributed by atoms with Crippen LogP contribution >= 0.6 is 11.8 Å². The molecule has 1 atom stereocenters. The summed E-state index contributed by atoms with van der Waals surface area (Å²) in [4.78, 5) is 0.181. The lowest BCUT2D eigenvalue weighted by Gasteiger charge is -2.21. The van der Waals surface area contributed by atoms with Crippen LogP contribution in [-0.4, -0.2) is 31.6 Å². The van der Waals surface area contributed by atoms with Crippen LogP contribution in [-0.2, 0) is 10.0 Å². The van der Waals surface area contributed by atoms with E-state index in [2.05, 4.69) is 0 Å². The minimum absolute atomic E-state index is 0.166. The fourth-order valence-corrected chi connectivity index (χ4v) is 5.69. The molecule has 124 valence electrons. The van der Waals surface area contributed by atoms with Crippen molar-refractivity contribution in [2.45, 2.75) is 23.5 Å². The number of halogens is 1. The highest BCUT2D eigenvalue weighted by Gasteiger charge is 2.30. The average molecular weight is 355 g/mol. The fraction of sp³-hybridized carbons (Fsp3) is 0.375. The Morgan fingerprint density at radius 2 is 2.13 bits per heavy atom. The monoisotopic (exact) mass is 355 g/mol. The smallest absolute Gasteiger partial charge is 0.243 e. The molecule has 2 heterocycles. The van der Waals surface area contributed by atoms with Crippen LogP contribution in [0.4, 0.5) is 4.39 Å². The highest BCUT2D eigenvalue weighted by molar-refractivity contribution is 7.99. The van der Waals surface area contributed by atoms with Crippen molar-refractivity contribution < 1.29 is 17.2 Å². The molecule has 1 saturated heterocycles. The Kier molecular flexibility index (Phi) is 4.79. The molecule has 0 bridgehead atoms. The Balaban J connectivity index is 1.81. The minimum atomic E-state index is -3.60. The van der Waals surface area contributed by atoms with Crippen LogP contribution in [0.3, 0.4) is 0 Å². The second-order valence-electron chi connectivity index (χ2n) is 5.48. The van der Waals surface area contributed by atoms with Gasteiger partial charge in [0.1, 0.15) is 11.6 Å². The van der Waals surface area contributed by atoms with Crippen molar-refractivity contribution in [3.8, 4) is 0 Å². The van der Waals surface area contributed by atoms with E-state index >= 15 is 0 Å². The van der Waals surface area contributed by atoms with Gasteiger partial charge in [0.25, 0.3) is 0 Å². The first kappa shape index (κ1) is 16.5. The van der Waals surface area contributed by atoms with E-state index in [0.717, 1.165) is 5.76 Å². The van der Waals surface area contributed by atoms with Crippen molar-refractivity contribution in [1.82, 2.24) is 4.31 Å². The second-order valence-corrected chi connectivity index (χ2v) is 8.69. The van der Waals surface area contributed by atoms with Gasteiger partial charge in [0.15, 0.2) is 0 Å². The Morgan fingerprint density at radius 1 is 1.30 bits per heavy atom.